The summed E-state index contributed by atoms with van der Waals surface area (Å²) >= 11 is 0. The topological polar surface area (TPSA) is 16.1 Å². The van der Waals surface area contributed by atoms with E-state index in [1.807, 2.05) is 36.5 Å². The van der Waals surface area contributed by atoms with Crippen LogP contribution in [-0.4, -0.2) is 15.9 Å². The van der Waals surface area contributed by atoms with Crippen molar-refractivity contribution in [3.8, 4) is 0 Å². The first-order chi connectivity index (χ1) is 9.33. The van der Waals surface area contributed by atoms with E-state index in [4.69, 9.17) is 0 Å². The van der Waals surface area contributed by atoms with Gasteiger partial charge in [-0.1, -0.05) is 24.3 Å². The minimum atomic E-state index is -0.117. The Balaban J connectivity index is 1.73. The summed E-state index contributed by atoms with van der Waals surface area (Å²) in [5, 5.41) is 0. The third-order valence-corrected chi connectivity index (χ3v) is 3.49. The Morgan fingerprint density at radius 3 is 2.53 bits per heavy atom. The number of rotatable bonds is 5. The molecule has 3 heteroatoms. The molecule has 1 saturated carbocycles. The van der Waals surface area contributed by atoms with E-state index in [-0.39, 0.29) is 5.82 Å². The van der Waals surface area contributed by atoms with E-state index in [0.29, 0.717) is 12.6 Å². The van der Waals surface area contributed by atoms with Gasteiger partial charge < -0.3 is 0 Å². The molecule has 1 heterocycles. The molecule has 0 N–H and O–H groups in total. The molecule has 19 heavy (non-hydrogen) atoms. The molecule has 0 bridgehead atoms. The van der Waals surface area contributed by atoms with Crippen molar-refractivity contribution < 1.29 is 4.39 Å². The van der Waals surface area contributed by atoms with Gasteiger partial charge in [-0.25, -0.2) is 4.39 Å². The lowest BCUT2D eigenvalue weighted by Gasteiger charge is -2.21. The maximum Gasteiger partial charge on any atom is 0.127 e. The van der Waals surface area contributed by atoms with E-state index in [1.54, 1.807) is 6.07 Å². The van der Waals surface area contributed by atoms with Crippen molar-refractivity contribution in [2.75, 3.05) is 0 Å². The molecular formula is C16H17FN2. The van der Waals surface area contributed by atoms with Gasteiger partial charge in [0, 0.05) is 30.9 Å². The van der Waals surface area contributed by atoms with Crippen LogP contribution in [0, 0.1) is 5.82 Å². The largest absolute Gasteiger partial charge is 0.290 e. The lowest BCUT2D eigenvalue weighted by Crippen LogP contribution is -2.26. The minimum Gasteiger partial charge on any atom is -0.290 e. The van der Waals surface area contributed by atoms with Crippen molar-refractivity contribution in [1.29, 1.82) is 0 Å². The van der Waals surface area contributed by atoms with E-state index in [1.165, 1.54) is 18.9 Å². The van der Waals surface area contributed by atoms with Gasteiger partial charge in [0.05, 0.1) is 5.69 Å². The normalized spacial score (nSPS) is 14.8. The Kier molecular flexibility index (Phi) is 3.56. The molecule has 1 aromatic carbocycles. The molecule has 1 fully saturated rings. The third-order valence-electron chi connectivity index (χ3n) is 3.49. The monoisotopic (exact) mass is 256 g/mol. The third kappa shape index (κ3) is 3.18. The number of nitrogens with zero attached hydrogens (tertiary/aromatic N) is 2. The molecule has 0 aliphatic heterocycles. The summed E-state index contributed by atoms with van der Waals surface area (Å²) in [6, 6.07) is 13.5. The Morgan fingerprint density at radius 1 is 1.05 bits per heavy atom. The Hall–Kier alpha value is -1.74. The molecule has 0 amide bonds. The molecule has 0 radical (unpaired) electrons. The lowest BCUT2D eigenvalue weighted by atomic mass is 10.2. The Morgan fingerprint density at radius 2 is 1.84 bits per heavy atom. The van der Waals surface area contributed by atoms with Gasteiger partial charge in [-0.3, -0.25) is 9.88 Å². The Bertz CT molecular complexity index is 537. The second-order valence-electron chi connectivity index (χ2n) is 5.05. The fraction of sp³-hybridized carbons (Fsp3) is 0.312. The number of aromatic nitrogens is 1. The van der Waals surface area contributed by atoms with Gasteiger partial charge in [0.1, 0.15) is 5.82 Å². The average Bonchev–Trinajstić information content (AvgIpc) is 3.26. The maximum atomic E-state index is 13.7. The molecule has 0 unspecified atom stereocenters. The number of hydrogen-bond donors (Lipinski definition) is 0. The molecule has 0 atom stereocenters. The fourth-order valence-corrected chi connectivity index (χ4v) is 2.30. The molecule has 1 aromatic heterocycles. The zero-order chi connectivity index (χ0) is 13.1. The lowest BCUT2D eigenvalue weighted by molar-refractivity contribution is 0.239. The summed E-state index contributed by atoms with van der Waals surface area (Å²) in [5.41, 5.74) is 1.82. The van der Waals surface area contributed by atoms with Crippen LogP contribution in [0.25, 0.3) is 0 Å². The van der Waals surface area contributed by atoms with Crippen LogP contribution in [0.4, 0.5) is 4.39 Å². The van der Waals surface area contributed by atoms with Crippen LogP contribution in [-0.2, 0) is 13.1 Å². The molecule has 2 aromatic rings. The van der Waals surface area contributed by atoms with Gasteiger partial charge in [0.2, 0.25) is 0 Å². The minimum absolute atomic E-state index is 0.117. The predicted molar refractivity (Wildman–Crippen MR) is 72.9 cm³/mol. The number of benzene rings is 1. The number of hydrogen-bond acceptors (Lipinski definition) is 2. The SMILES string of the molecule is Fc1ccccc1CN(Cc1ccccn1)C1CC1. The second-order valence-corrected chi connectivity index (χ2v) is 5.05. The van der Waals surface area contributed by atoms with Crippen molar-refractivity contribution in [3.63, 3.8) is 0 Å². The highest BCUT2D eigenvalue weighted by molar-refractivity contribution is 5.18. The first-order valence-corrected chi connectivity index (χ1v) is 6.70. The number of halogens is 1. The molecule has 98 valence electrons. The summed E-state index contributed by atoms with van der Waals surface area (Å²) in [6.45, 7) is 1.45. The van der Waals surface area contributed by atoms with Gasteiger partial charge in [-0.15, -0.1) is 0 Å². The summed E-state index contributed by atoms with van der Waals surface area (Å²) in [7, 11) is 0. The first-order valence-electron chi connectivity index (χ1n) is 6.70. The van der Waals surface area contributed by atoms with Crippen molar-refractivity contribution in [3.05, 3.63) is 65.7 Å². The van der Waals surface area contributed by atoms with Crippen LogP contribution in [0.5, 0.6) is 0 Å². The quantitative estimate of drug-likeness (QED) is 0.815. The highest BCUT2D eigenvalue weighted by Crippen LogP contribution is 2.29. The van der Waals surface area contributed by atoms with Crippen LogP contribution < -0.4 is 0 Å². The van der Waals surface area contributed by atoms with E-state index in [9.17, 15) is 4.39 Å². The van der Waals surface area contributed by atoms with E-state index in [2.05, 4.69) is 9.88 Å². The smallest absolute Gasteiger partial charge is 0.127 e. The van der Waals surface area contributed by atoms with Gasteiger partial charge in [0.15, 0.2) is 0 Å². The summed E-state index contributed by atoms with van der Waals surface area (Å²) in [5.74, 6) is -0.117. The highest BCUT2D eigenvalue weighted by atomic mass is 19.1. The van der Waals surface area contributed by atoms with Crippen molar-refractivity contribution >= 4 is 0 Å². The van der Waals surface area contributed by atoms with Gasteiger partial charge in [0.25, 0.3) is 0 Å². The zero-order valence-corrected chi connectivity index (χ0v) is 10.8. The van der Waals surface area contributed by atoms with Crippen molar-refractivity contribution in [2.24, 2.45) is 0 Å². The van der Waals surface area contributed by atoms with Gasteiger partial charge in [-0.05, 0) is 31.0 Å². The number of pyridine rings is 1. The average molecular weight is 256 g/mol. The summed E-state index contributed by atoms with van der Waals surface area (Å²) in [6.07, 6.45) is 4.23. The first kappa shape index (κ1) is 12.3. The van der Waals surface area contributed by atoms with E-state index in [0.717, 1.165) is 17.8 Å². The van der Waals surface area contributed by atoms with Crippen LogP contribution in [0.2, 0.25) is 0 Å². The van der Waals surface area contributed by atoms with Crippen LogP contribution in [0.3, 0.4) is 0 Å². The Labute approximate surface area is 112 Å². The zero-order valence-electron chi connectivity index (χ0n) is 10.8. The molecular weight excluding hydrogens is 239 g/mol. The predicted octanol–water partition coefficient (Wildman–Crippen LogP) is 3.39. The standard InChI is InChI=1S/C16H17FN2/c17-16-7-2-1-5-13(16)11-19(15-8-9-15)12-14-6-3-4-10-18-14/h1-7,10,15H,8-9,11-12H2. The molecule has 0 spiro atoms. The summed E-state index contributed by atoms with van der Waals surface area (Å²) < 4.78 is 13.7. The van der Waals surface area contributed by atoms with Gasteiger partial charge in [-0.2, -0.15) is 0 Å². The van der Waals surface area contributed by atoms with Gasteiger partial charge >= 0.3 is 0 Å². The highest BCUT2D eigenvalue weighted by Gasteiger charge is 2.29. The molecule has 2 nitrogen and oxygen atoms in total. The summed E-state index contributed by atoms with van der Waals surface area (Å²) in [4.78, 5) is 6.68. The molecule has 1 aliphatic carbocycles. The van der Waals surface area contributed by atoms with Crippen molar-refractivity contribution in [1.82, 2.24) is 9.88 Å². The van der Waals surface area contributed by atoms with Crippen molar-refractivity contribution in [2.45, 2.75) is 32.0 Å². The van der Waals surface area contributed by atoms with E-state index < -0.39 is 0 Å². The molecule has 3 rings (SSSR count). The van der Waals surface area contributed by atoms with E-state index >= 15 is 0 Å². The fourth-order valence-electron chi connectivity index (χ4n) is 2.30. The molecule has 0 saturated heterocycles. The molecule has 1 aliphatic rings. The van der Waals surface area contributed by atoms with Crippen LogP contribution in [0.1, 0.15) is 24.1 Å². The second kappa shape index (κ2) is 5.49. The van der Waals surface area contributed by atoms with Crippen LogP contribution >= 0.6 is 0 Å². The maximum absolute atomic E-state index is 13.7. The van der Waals surface area contributed by atoms with Crippen LogP contribution in [0.15, 0.2) is 48.7 Å².